The molecule has 0 saturated heterocycles. The summed E-state index contributed by atoms with van der Waals surface area (Å²) in [6.45, 7) is 0. The van der Waals surface area contributed by atoms with Gasteiger partial charge in [0.05, 0.1) is 11.6 Å². The molecule has 0 amide bonds. The van der Waals surface area contributed by atoms with E-state index in [4.69, 9.17) is 19.4 Å². The van der Waals surface area contributed by atoms with E-state index in [9.17, 15) is 5.26 Å². The molecule has 11 rings (SSSR count). The molecule has 5 nitrogen and oxygen atoms in total. The minimum absolute atomic E-state index is 0.164. The second kappa shape index (κ2) is 13.1. The van der Waals surface area contributed by atoms with Crippen LogP contribution in [0.5, 0.6) is 0 Å². The first-order chi connectivity index (χ1) is 27.6. The first-order valence-electron chi connectivity index (χ1n) is 20.0. The summed E-state index contributed by atoms with van der Waals surface area (Å²) in [6.07, 6.45) is 7.81. The van der Waals surface area contributed by atoms with Crippen LogP contribution in [0.3, 0.4) is 0 Å². The summed E-state index contributed by atoms with van der Waals surface area (Å²) in [5.74, 6) is 4.84. The van der Waals surface area contributed by atoms with E-state index < -0.39 is 0 Å². The molecule has 8 aromatic rings. The third-order valence-corrected chi connectivity index (χ3v) is 13.4. The Morgan fingerprint density at radius 2 is 1.23 bits per heavy atom. The van der Waals surface area contributed by atoms with Gasteiger partial charge in [-0.1, -0.05) is 128 Å². The number of nitriles is 1. The van der Waals surface area contributed by atoms with Crippen LogP contribution in [0.4, 0.5) is 0 Å². The van der Waals surface area contributed by atoms with Crippen LogP contribution >= 0.6 is 0 Å². The lowest BCUT2D eigenvalue weighted by atomic mass is 9.46. The van der Waals surface area contributed by atoms with Gasteiger partial charge >= 0.3 is 0 Å². The summed E-state index contributed by atoms with van der Waals surface area (Å²) in [5.41, 5.74) is 10.7. The third kappa shape index (κ3) is 5.55. The van der Waals surface area contributed by atoms with E-state index in [-0.39, 0.29) is 5.41 Å². The third-order valence-electron chi connectivity index (χ3n) is 13.4. The Morgan fingerprint density at radius 3 is 2.00 bits per heavy atom. The van der Waals surface area contributed by atoms with Gasteiger partial charge in [-0.05, 0) is 108 Å². The molecule has 2 heterocycles. The quantitative estimate of drug-likeness (QED) is 0.171. The number of hydrogen-bond donors (Lipinski definition) is 0. The standard InChI is InChI=1S/C51H40N4O/c52-31-32-13-16-34(17-14-32)35-18-20-36(21-19-35)44-30-51(28-33-15-26-41(44)39(27-33)29-51)40-24-22-38(23-25-40)49-53-48(37-7-2-1-3-8-37)54-50(55-49)43-10-6-12-46-47(43)42-9-4-5-11-45(42)56-46/h1-14,16-25,33,39,41,44H,15,26-30H2. The zero-order valence-corrected chi connectivity index (χ0v) is 31.1. The Hall–Kier alpha value is -6.38. The summed E-state index contributed by atoms with van der Waals surface area (Å²) < 4.78 is 6.25. The number of para-hydroxylation sites is 1. The van der Waals surface area contributed by atoms with Gasteiger partial charge in [-0.2, -0.15) is 5.26 Å². The fourth-order valence-electron chi connectivity index (χ4n) is 10.9. The van der Waals surface area contributed by atoms with E-state index in [1.165, 1.54) is 55.2 Å². The Morgan fingerprint density at radius 1 is 0.571 bits per heavy atom. The minimum atomic E-state index is 0.164. The molecule has 2 aromatic heterocycles. The molecule has 5 unspecified atom stereocenters. The van der Waals surface area contributed by atoms with Gasteiger partial charge in [0.1, 0.15) is 11.2 Å². The van der Waals surface area contributed by atoms with Crippen molar-refractivity contribution in [1.82, 2.24) is 15.0 Å². The van der Waals surface area contributed by atoms with Crippen LogP contribution in [-0.4, -0.2) is 15.0 Å². The Labute approximate surface area is 326 Å². The number of nitrogens with zero attached hydrogens (tertiary/aromatic N) is 4. The maximum Gasteiger partial charge on any atom is 0.164 e. The molecular formula is C51H40N4O. The van der Waals surface area contributed by atoms with Crippen LogP contribution in [0.25, 0.3) is 67.2 Å². The number of fused-ring (bicyclic) bond motifs is 5. The van der Waals surface area contributed by atoms with Crippen LogP contribution in [0.1, 0.15) is 61.1 Å². The number of benzene rings is 6. The summed E-state index contributed by atoms with van der Waals surface area (Å²) in [7, 11) is 0. The van der Waals surface area contributed by atoms with Gasteiger partial charge in [0, 0.05) is 27.5 Å². The predicted molar refractivity (Wildman–Crippen MR) is 223 cm³/mol. The summed E-state index contributed by atoms with van der Waals surface area (Å²) in [5, 5.41) is 11.3. The monoisotopic (exact) mass is 724 g/mol. The highest BCUT2D eigenvalue weighted by Gasteiger charge is 2.53. The van der Waals surface area contributed by atoms with E-state index >= 15 is 0 Å². The average Bonchev–Trinajstić information content (AvgIpc) is 3.65. The molecule has 3 aliphatic carbocycles. The van der Waals surface area contributed by atoms with Crippen molar-refractivity contribution in [1.29, 1.82) is 5.26 Å². The van der Waals surface area contributed by atoms with E-state index in [0.717, 1.165) is 61.9 Å². The highest BCUT2D eigenvalue weighted by atomic mass is 16.3. The molecule has 0 aliphatic heterocycles. The molecule has 0 radical (unpaired) electrons. The normalized spacial score (nSPS) is 22.6. The summed E-state index contributed by atoms with van der Waals surface area (Å²) in [4.78, 5) is 15.4. The summed E-state index contributed by atoms with van der Waals surface area (Å²) in [6, 6.07) is 53.3. The zero-order valence-electron chi connectivity index (χ0n) is 31.1. The van der Waals surface area contributed by atoms with Crippen molar-refractivity contribution < 1.29 is 4.42 Å². The van der Waals surface area contributed by atoms with Gasteiger partial charge in [-0.25, -0.2) is 15.0 Å². The van der Waals surface area contributed by atoms with E-state index in [2.05, 4.69) is 91.0 Å². The molecule has 270 valence electrons. The van der Waals surface area contributed by atoms with Gasteiger partial charge in [-0.15, -0.1) is 0 Å². The second-order valence-corrected chi connectivity index (χ2v) is 16.4. The van der Waals surface area contributed by atoms with Crippen LogP contribution in [0.15, 0.2) is 150 Å². The number of aromatic nitrogens is 3. The van der Waals surface area contributed by atoms with Crippen LogP contribution in [0.2, 0.25) is 0 Å². The lowest BCUT2D eigenvalue weighted by Gasteiger charge is -2.58. The summed E-state index contributed by atoms with van der Waals surface area (Å²) >= 11 is 0. The number of hydrogen-bond acceptors (Lipinski definition) is 5. The van der Waals surface area contributed by atoms with Crippen molar-refractivity contribution in [2.45, 2.75) is 49.9 Å². The van der Waals surface area contributed by atoms with Crippen molar-refractivity contribution in [3.05, 3.63) is 162 Å². The van der Waals surface area contributed by atoms with Gasteiger partial charge in [0.15, 0.2) is 17.5 Å². The SMILES string of the molecule is N#Cc1ccc(-c2ccc(C3CC4(c5ccc(-c6nc(-c7ccccc7)nc(-c7cccc8oc9ccccc9c78)n6)cc5)CC5CCC3C(C5)C4)cc2)cc1. The van der Waals surface area contributed by atoms with Crippen LogP contribution in [0, 0.1) is 29.1 Å². The Bertz CT molecular complexity index is 2780. The first kappa shape index (κ1) is 33.0. The largest absolute Gasteiger partial charge is 0.456 e. The molecule has 0 N–H and O–H groups in total. The molecule has 3 saturated carbocycles. The van der Waals surface area contributed by atoms with E-state index in [1.54, 1.807) is 0 Å². The van der Waals surface area contributed by atoms with Crippen molar-refractivity contribution >= 4 is 21.9 Å². The molecule has 3 aliphatic rings. The van der Waals surface area contributed by atoms with Crippen LogP contribution in [-0.2, 0) is 5.41 Å². The fourth-order valence-corrected chi connectivity index (χ4v) is 10.9. The molecule has 0 spiro atoms. The highest BCUT2D eigenvalue weighted by Crippen LogP contribution is 2.63. The maximum absolute atomic E-state index is 9.26. The molecular weight excluding hydrogens is 685 g/mol. The Kier molecular flexibility index (Phi) is 7.74. The number of furan rings is 1. The van der Waals surface area contributed by atoms with E-state index in [1.807, 2.05) is 60.7 Å². The number of rotatable bonds is 6. The predicted octanol–water partition coefficient (Wildman–Crippen LogP) is 12.6. The zero-order chi connectivity index (χ0) is 37.2. The van der Waals surface area contributed by atoms with Gasteiger partial charge in [-0.3, -0.25) is 0 Å². The average molecular weight is 725 g/mol. The highest BCUT2D eigenvalue weighted by molar-refractivity contribution is 6.11. The lowest BCUT2D eigenvalue weighted by molar-refractivity contribution is -0.00623. The van der Waals surface area contributed by atoms with Crippen molar-refractivity contribution in [2.75, 3.05) is 0 Å². The molecule has 56 heavy (non-hydrogen) atoms. The van der Waals surface area contributed by atoms with Crippen LogP contribution < -0.4 is 0 Å². The van der Waals surface area contributed by atoms with Crippen molar-refractivity contribution in [3.63, 3.8) is 0 Å². The Balaban J connectivity index is 0.956. The van der Waals surface area contributed by atoms with Gasteiger partial charge in [0.25, 0.3) is 0 Å². The van der Waals surface area contributed by atoms with Crippen molar-refractivity contribution in [2.24, 2.45) is 17.8 Å². The first-order valence-corrected chi connectivity index (χ1v) is 20.0. The van der Waals surface area contributed by atoms with Gasteiger partial charge < -0.3 is 4.42 Å². The molecule has 5 atom stereocenters. The molecule has 5 heteroatoms. The van der Waals surface area contributed by atoms with Gasteiger partial charge in [0.2, 0.25) is 0 Å². The van der Waals surface area contributed by atoms with Crippen molar-refractivity contribution in [3.8, 4) is 51.4 Å². The second-order valence-electron chi connectivity index (χ2n) is 16.4. The topological polar surface area (TPSA) is 75.6 Å². The molecule has 3 fully saturated rings. The van der Waals surface area contributed by atoms with E-state index in [0.29, 0.717) is 29.0 Å². The smallest absolute Gasteiger partial charge is 0.164 e. The fraction of sp³-hybridized carbons (Fsp3) is 0.216. The minimum Gasteiger partial charge on any atom is -0.456 e. The lowest BCUT2D eigenvalue weighted by Crippen LogP contribution is -2.49. The molecule has 3 bridgehead atoms. The molecule has 6 aromatic carbocycles. The maximum atomic E-state index is 9.26.